The molecule has 1 aromatic rings. The summed E-state index contributed by atoms with van der Waals surface area (Å²) in [6.45, 7) is 12.6. The predicted octanol–water partition coefficient (Wildman–Crippen LogP) is 3.88. The van der Waals surface area contributed by atoms with Crippen LogP contribution in [0, 0.1) is 33.1 Å². The maximum atomic E-state index is 5.70. The fourth-order valence-electron chi connectivity index (χ4n) is 2.21. The zero-order valence-corrected chi connectivity index (χ0v) is 11.1. The van der Waals surface area contributed by atoms with E-state index in [9.17, 15) is 0 Å². The first-order chi connectivity index (χ1) is 7.97. The van der Waals surface area contributed by atoms with Crippen LogP contribution in [-0.4, -0.2) is 6.61 Å². The minimum Gasteiger partial charge on any atom is -0.356 e. The highest BCUT2D eigenvalue weighted by atomic mass is 16.5. The number of rotatable bonds is 4. The first-order valence-corrected chi connectivity index (χ1v) is 5.75. The molecule has 1 unspecified atom stereocenters. The molecule has 1 atom stereocenters. The average molecular weight is 228 g/mol. The zero-order valence-electron chi connectivity index (χ0n) is 11.1. The molecule has 0 amide bonds. The molecule has 0 saturated carbocycles. The van der Waals surface area contributed by atoms with E-state index in [1.165, 1.54) is 22.3 Å². The van der Waals surface area contributed by atoms with Crippen LogP contribution in [0.15, 0.2) is 24.3 Å². The number of hydrogen-bond acceptors (Lipinski definition) is 1. The second-order valence-corrected chi connectivity index (χ2v) is 4.55. The molecule has 17 heavy (non-hydrogen) atoms. The van der Waals surface area contributed by atoms with E-state index in [4.69, 9.17) is 11.2 Å². The molecule has 0 saturated heterocycles. The number of terminal acetylenes is 1. The van der Waals surface area contributed by atoms with E-state index < -0.39 is 0 Å². The Labute approximate surface area is 105 Å². The minimum absolute atomic E-state index is 0.105. The topological polar surface area (TPSA) is 9.23 Å². The third kappa shape index (κ3) is 3.22. The van der Waals surface area contributed by atoms with Gasteiger partial charge >= 0.3 is 0 Å². The molecule has 0 bridgehead atoms. The van der Waals surface area contributed by atoms with Crippen molar-refractivity contribution in [2.24, 2.45) is 0 Å². The van der Waals surface area contributed by atoms with E-state index in [1.807, 2.05) is 6.92 Å². The van der Waals surface area contributed by atoms with Crippen molar-refractivity contribution in [2.75, 3.05) is 6.61 Å². The van der Waals surface area contributed by atoms with Gasteiger partial charge in [-0.05, 0) is 50.0 Å². The molecule has 0 aliphatic carbocycles. The predicted molar refractivity (Wildman–Crippen MR) is 73.0 cm³/mol. The molecule has 0 aliphatic rings. The smallest absolute Gasteiger partial charge is 0.108 e. The van der Waals surface area contributed by atoms with Gasteiger partial charge in [-0.1, -0.05) is 30.2 Å². The lowest BCUT2D eigenvalue weighted by molar-refractivity contribution is 0.105. The van der Waals surface area contributed by atoms with Gasteiger partial charge in [-0.3, -0.25) is 0 Å². The second-order valence-electron chi connectivity index (χ2n) is 4.55. The molecule has 90 valence electrons. The Balaban J connectivity index is 3.19. The van der Waals surface area contributed by atoms with Crippen LogP contribution in [0.2, 0.25) is 0 Å². The van der Waals surface area contributed by atoms with E-state index in [0.717, 1.165) is 5.57 Å². The van der Waals surface area contributed by atoms with Gasteiger partial charge in [0.15, 0.2) is 0 Å². The fraction of sp³-hybridized carbons (Fsp3) is 0.375. The molecule has 0 fully saturated rings. The first-order valence-electron chi connectivity index (χ1n) is 5.75. The van der Waals surface area contributed by atoms with Crippen molar-refractivity contribution >= 4 is 0 Å². The number of aryl methyl sites for hydroxylation is 3. The molecule has 1 rings (SSSR count). The molecule has 0 N–H and O–H groups in total. The largest absolute Gasteiger partial charge is 0.356 e. The van der Waals surface area contributed by atoms with Crippen molar-refractivity contribution in [3.8, 4) is 12.3 Å². The van der Waals surface area contributed by atoms with Crippen LogP contribution in [0.4, 0.5) is 0 Å². The first kappa shape index (κ1) is 13.5. The molecule has 0 aromatic heterocycles. The molecular weight excluding hydrogens is 208 g/mol. The quantitative estimate of drug-likeness (QED) is 0.561. The Morgan fingerprint density at radius 3 is 2.29 bits per heavy atom. The Hall–Kier alpha value is -1.52. The monoisotopic (exact) mass is 228 g/mol. The SMILES string of the molecule is C#CCOC(C(=C)C)c1c(C)cc(C)cc1C. The van der Waals surface area contributed by atoms with Crippen LogP contribution < -0.4 is 0 Å². The van der Waals surface area contributed by atoms with Crippen molar-refractivity contribution in [2.45, 2.75) is 33.8 Å². The van der Waals surface area contributed by atoms with E-state index in [0.29, 0.717) is 6.61 Å². The summed E-state index contributed by atoms with van der Waals surface area (Å²) in [5.41, 5.74) is 5.90. The lowest BCUT2D eigenvalue weighted by Crippen LogP contribution is -2.09. The molecule has 0 aliphatic heterocycles. The van der Waals surface area contributed by atoms with Gasteiger partial charge in [0, 0.05) is 0 Å². The van der Waals surface area contributed by atoms with Crippen LogP contribution >= 0.6 is 0 Å². The van der Waals surface area contributed by atoms with Gasteiger partial charge in [-0.15, -0.1) is 6.42 Å². The van der Waals surface area contributed by atoms with E-state index in [-0.39, 0.29) is 6.10 Å². The highest BCUT2D eigenvalue weighted by Crippen LogP contribution is 2.30. The Morgan fingerprint density at radius 1 is 1.35 bits per heavy atom. The van der Waals surface area contributed by atoms with Gasteiger partial charge in [0.2, 0.25) is 0 Å². The van der Waals surface area contributed by atoms with Crippen molar-refractivity contribution in [3.63, 3.8) is 0 Å². The van der Waals surface area contributed by atoms with E-state index >= 15 is 0 Å². The number of hydrogen-bond donors (Lipinski definition) is 0. The van der Waals surface area contributed by atoms with E-state index in [2.05, 4.69) is 45.4 Å². The molecule has 1 aromatic carbocycles. The maximum absolute atomic E-state index is 5.70. The minimum atomic E-state index is -0.105. The Morgan fingerprint density at radius 2 is 1.88 bits per heavy atom. The summed E-state index contributed by atoms with van der Waals surface area (Å²) in [4.78, 5) is 0. The third-order valence-corrected chi connectivity index (χ3v) is 2.78. The molecule has 1 nitrogen and oxygen atoms in total. The molecule has 0 spiro atoms. The van der Waals surface area contributed by atoms with Crippen LogP contribution in [0.3, 0.4) is 0 Å². The molecular formula is C16H20O. The Bertz CT molecular complexity index is 440. The van der Waals surface area contributed by atoms with Gasteiger partial charge in [0.1, 0.15) is 12.7 Å². The van der Waals surface area contributed by atoms with Crippen molar-refractivity contribution in [3.05, 3.63) is 46.5 Å². The third-order valence-electron chi connectivity index (χ3n) is 2.78. The molecule has 0 radical (unpaired) electrons. The van der Waals surface area contributed by atoms with Crippen LogP contribution in [0.5, 0.6) is 0 Å². The van der Waals surface area contributed by atoms with Gasteiger partial charge in [0.25, 0.3) is 0 Å². The zero-order chi connectivity index (χ0) is 13.0. The maximum Gasteiger partial charge on any atom is 0.108 e. The van der Waals surface area contributed by atoms with Crippen LogP contribution in [-0.2, 0) is 4.74 Å². The standard InChI is InChI=1S/C16H20O/c1-7-8-17-16(11(2)3)15-13(5)9-12(4)10-14(15)6/h1,9-10,16H,2,8H2,3-6H3. The lowest BCUT2D eigenvalue weighted by atomic mass is 9.92. The summed E-state index contributed by atoms with van der Waals surface area (Å²) in [7, 11) is 0. The summed E-state index contributed by atoms with van der Waals surface area (Å²) in [6, 6.07) is 4.33. The highest BCUT2D eigenvalue weighted by Gasteiger charge is 2.17. The summed E-state index contributed by atoms with van der Waals surface area (Å²) in [5, 5.41) is 0. The van der Waals surface area contributed by atoms with Crippen molar-refractivity contribution in [1.29, 1.82) is 0 Å². The van der Waals surface area contributed by atoms with E-state index in [1.54, 1.807) is 0 Å². The second kappa shape index (κ2) is 5.70. The van der Waals surface area contributed by atoms with Gasteiger partial charge in [-0.2, -0.15) is 0 Å². The summed E-state index contributed by atoms with van der Waals surface area (Å²) >= 11 is 0. The van der Waals surface area contributed by atoms with Crippen molar-refractivity contribution in [1.82, 2.24) is 0 Å². The fourth-order valence-corrected chi connectivity index (χ4v) is 2.21. The summed E-state index contributed by atoms with van der Waals surface area (Å²) in [5.74, 6) is 2.51. The van der Waals surface area contributed by atoms with Crippen LogP contribution in [0.25, 0.3) is 0 Å². The average Bonchev–Trinajstić information content (AvgIpc) is 2.20. The normalized spacial score (nSPS) is 11.9. The lowest BCUT2D eigenvalue weighted by Gasteiger charge is -2.22. The van der Waals surface area contributed by atoms with Gasteiger partial charge < -0.3 is 4.74 Å². The Kier molecular flexibility index (Phi) is 4.54. The number of ether oxygens (including phenoxy) is 1. The highest BCUT2D eigenvalue weighted by molar-refractivity contribution is 5.41. The van der Waals surface area contributed by atoms with Gasteiger partial charge in [-0.25, -0.2) is 0 Å². The summed E-state index contributed by atoms with van der Waals surface area (Å²) < 4.78 is 5.70. The number of benzene rings is 1. The molecule has 1 heteroatoms. The van der Waals surface area contributed by atoms with Crippen LogP contribution in [0.1, 0.15) is 35.3 Å². The van der Waals surface area contributed by atoms with Crippen molar-refractivity contribution < 1.29 is 4.74 Å². The molecule has 0 heterocycles. The summed E-state index contributed by atoms with van der Waals surface area (Å²) in [6.07, 6.45) is 5.15. The van der Waals surface area contributed by atoms with Gasteiger partial charge in [0.05, 0.1) is 0 Å².